The van der Waals surface area contributed by atoms with Crippen molar-refractivity contribution < 1.29 is 0 Å². The van der Waals surface area contributed by atoms with Gasteiger partial charge in [0.1, 0.15) is 11.5 Å². The van der Waals surface area contributed by atoms with Gasteiger partial charge < -0.3 is 27.0 Å². The number of hydrogen-bond donors (Lipinski definition) is 4. The van der Waals surface area contributed by atoms with Crippen LogP contribution in [0.15, 0.2) is 16.9 Å². The van der Waals surface area contributed by atoms with Crippen molar-refractivity contribution in [1.82, 2.24) is 15.5 Å². The number of fused-ring (bicyclic) bond motifs is 1. The Kier molecular flexibility index (Phi) is 2.72. The lowest BCUT2D eigenvalue weighted by Crippen LogP contribution is -2.51. The quantitative estimate of drug-likeness (QED) is 0.545. The summed E-state index contributed by atoms with van der Waals surface area (Å²) in [5, 5.41) is 6.84. The second kappa shape index (κ2) is 4.36. The first-order chi connectivity index (χ1) is 9.64. The van der Waals surface area contributed by atoms with Crippen LogP contribution in [-0.2, 0) is 0 Å². The minimum absolute atomic E-state index is 0.458. The zero-order valence-electron chi connectivity index (χ0n) is 11.8. The largest absolute Gasteiger partial charge is 0.370 e. The van der Waals surface area contributed by atoms with Crippen molar-refractivity contribution in [2.75, 3.05) is 19.6 Å². The predicted octanol–water partition coefficient (Wildman–Crippen LogP) is -0.505. The molecule has 6 heteroatoms. The van der Waals surface area contributed by atoms with Crippen molar-refractivity contribution in [2.24, 2.45) is 28.3 Å². The summed E-state index contributed by atoms with van der Waals surface area (Å²) in [5.74, 6) is 2.73. The van der Waals surface area contributed by atoms with Gasteiger partial charge in [0.2, 0.25) is 0 Å². The number of likely N-dealkylation sites (tertiary alicyclic amines) is 1. The molecule has 20 heavy (non-hydrogen) atoms. The zero-order chi connectivity index (χ0) is 13.7. The Morgan fingerprint density at radius 3 is 2.90 bits per heavy atom. The number of piperidine rings is 1. The van der Waals surface area contributed by atoms with Crippen LogP contribution in [0.1, 0.15) is 25.7 Å². The number of guanidine groups is 1. The van der Waals surface area contributed by atoms with E-state index in [2.05, 4.69) is 26.6 Å². The smallest absolute Gasteiger partial charge is 0.196 e. The number of nitrogens with zero attached hydrogens (tertiary/aromatic N) is 2. The zero-order valence-corrected chi connectivity index (χ0v) is 11.8. The number of hydrogen-bond acceptors (Lipinski definition) is 6. The summed E-state index contributed by atoms with van der Waals surface area (Å²) in [6.07, 6.45) is 7.02. The predicted molar refractivity (Wildman–Crippen MR) is 78.6 cm³/mol. The molecule has 0 spiro atoms. The molecular formula is C14H24N6. The average Bonchev–Trinajstić information content (AvgIpc) is 3.18. The first-order valence-corrected chi connectivity index (χ1v) is 7.76. The van der Waals surface area contributed by atoms with E-state index in [0.29, 0.717) is 17.9 Å². The summed E-state index contributed by atoms with van der Waals surface area (Å²) in [6, 6.07) is 0.611. The molecule has 3 fully saturated rings. The minimum atomic E-state index is -0.591. The monoisotopic (exact) mass is 276 g/mol. The Labute approximate surface area is 119 Å². The van der Waals surface area contributed by atoms with Crippen molar-refractivity contribution in [3.05, 3.63) is 11.9 Å². The summed E-state index contributed by atoms with van der Waals surface area (Å²) < 4.78 is 0. The van der Waals surface area contributed by atoms with Crippen LogP contribution < -0.4 is 22.1 Å². The van der Waals surface area contributed by atoms with Crippen LogP contribution in [0.3, 0.4) is 0 Å². The Hall–Kier alpha value is -1.27. The van der Waals surface area contributed by atoms with E-state index in [1.54, 1.807) is 0 Å². The molecule has 6 nitrogen and oxygen atoms in total. The second-order valence-corrected chi connectivity index (χ2v) is 6.68. The lowest BCUT2D eigenvalue weighted by Gasteiger charge is -2.32. The van der Waals surface area contributed by atoms with Crippen LogP contribution >= 0.6 is 0 Å². The molecule has 0 amide bonds. The number of nitrogens with two attached hydrogens (primary N) is 2. The van der Waals surface area contributed by atoms with Gasteiger partial charge in [-0.3, -0.25) is 0 Å². The van der Waals surface area contributed by atoms with Crippen LogP contribution in [0.4, 0.5) is 0 Å². The Balaban J connectivity index is 1.55. The summed E-state index contributed by atoms with van der Waals surface area (Å²) in [6.45, 7) is 3.27. The Morgan fingerprint density at radius 1 is 1.30 bits per heavy atom. The first kappa shape index (κ1) is 12.5. The van der Waals surface area contributed by atoms with E-state index in [0.717, 1.165) is 44.2 Å². The lowest BCUT2D eigenvalue weighted by atomic mass is 9.94. The highest BCUT2D eigenvalue weighted by Crippen LogP contribution is 2.41. The normalized spacial score (nSPS) is 40.8. The molecule has 4 rings (SSSR count). The fourth-order valence-electron chi connectivity index (χ4n) is 3.82. The number of nitrogens with one attached hydrogen (secondary N) is 2. The van der Waals surface area contributed by atoms with Gasteiger partial charge in [0.25, 0.3) is 0 Å². The van der Waals surface area contributed by atoms with E-state index in [4.69, 9.17) is 11.5 Å². The molecule has 2 saturated heterocycles. The molecular weight excluding hydrogens is 252 g/mol. The van der Waals surface area contributed by atoms with Crippen LogP contribution in [-0.4, -0.2) is 42.2 Å². The van der Waals surface area contributed by atoms with Crippen LogP contribution in [0.2, 0.25) is 0 Å². The molecule has 3 atom stereocenters. The fraction of sp³-hybridized carbons (Fsp3) is 0.786. The third-order valence-electron chi connectivity index (χ3n) is 5.11. The highest BCUT2D eigenvalue weighted by atomic mass is 15.3. The molecule has 0 bridgehead atoms. The summed E-state index contributed by atoms with van der Waals surface area (Å²) in [5.41, 5.74) is 11.8. The van der Waals surface area contributed by atoms with Crippen molar-refractivity contribution in [2.45, 2.75) is 37.4 Å². The molecule has 1 aliphatic carbocycles. The highest BCUT2D eigenvalue weighted by molar-refractivity contribution is 5.81. The minimum Gasteiger partial charge on any atom is -0.370 e. The summed E-state index contributed by atoms with van der Waals surface area (Å²) >= 11 is 0. The lowest BCUT2D eigenvalue weighted by molar-refractivity contribution is 0.336. The number of rotatable bonds is 2. The maximum Gasteiger partial charge on any atom is 0.196 e. The van der Waals surface area contributed by atoms with Crippen LogP contribution in [0, 0.1) is 11.8 Å². The van der Waals surface area contributed by atoms with Gasteiger partial charge in [-0.2, -0.15) is 0 Å². The van der Waals surface area contributed by atoms with Gasteiger partial charge in [-0.05, 0) is 44.2 Å². The van der Waals surface area contributed by atoms with Gasteiger partial charge in [-0.25, -0.2) is 4.99 Å². The standard InChI is InChI=1S/C14H24N6/c15-13-18-12(6-14(16,19-13)10-3-4-10)20-7-9-2-1-5-17-11(9)8-20/h6,9-11,17H,1-5,7-8,16H2,(H3,15,18,19). The SMILES string of the molecule is NC1=NC(N)(C2CC2)C=C(N2CC3CCCNC3C2)N1. The van der Waals surface area contributed by atoms with Crippen LogP contribution in [0.25, 0.3) is 0 Å². The van der Waals surface area contributed by atoms with Gasteiger partial charge in [0.05, 0.1) is 0 Å². The maximum atomic E-state index is 6.43. The van der Waals surface area contributed by atoms with Crippen molar-refractivity contribution in [3.63, 3.8) is 0 Å². The molecule has 110 valence electrons. The second-order valence-electron chi connectivity index (χ2n) is 6.68. The van der Waals surface area contributed by atoms with E-state index in [-0.39, 0.29) is 0 Å². The molecule has 0 radical (unpaired) electrons. The summed E-state index contributed by atoms with van der Waals surface area (Å²) in [4.78, 5) is 6.82. The Morgan fingerprint density at radius 2 is 2.15 bits per heavy atom. The molecule has 0 aromatic heterocycles. The van der Waals surface area contributed by atoms with Crippen molar-refractivity contribution >= 4 is 5.96 Å². The van der Waals surface area contributed by atoms with E-state index in [9.17, 15) is 0 Å². The van der Waals surface area contributed by atoms with E-state index >= 15 is 0 Å². The van der Waals surface area contributed by atoms with E-state index < -0.39 is 5.66 Å². The molecule has 4 aliphatic rings. The van der Waals surface area contributed by atoms with Gasteiger partial charge in [-0.1, -0.05) is 0 Å². The highest BCUT2D eigenvalue weighted by Gasteiger charge is 2.44. The molecule has 0 aromatic rings. The van der Waals surface area contributed by atoms with E-state index in [1.807, 2.05) is 0 Å². The Bertz CT molecular complexity index is 454. The van der Waals surface area contributed by atoms with Crippen molar-refractivity contribution in [3.8, 4) is 0 Å². The summed E-state index contributed by atoms with van der Waals surface area (Å²) in [7, 11) is 0. The van der Waals surface area contributed by atoms with E-state index in [1.165, 1.54) is 12.8 Å². The third kappa shape index (κ3) is 2.07. The maximum absolute atomic E-state index is 6.43. The molecule has 0 aromatic carbocycles. The van der Waals surface area contributed by atoms with Crippen LogP contribution in [0.5, 0.6) is 0 Å². The van der Waals surface area contributed by atoms with Gasteiger partial charge in [0.15, 0.2) is 5.96 Å². The average molecular weight is 276 g/mol. The van der Waals surface area contributed by atoms with Gasteiger partial charge in [0, 0.05) is 25.0 Å². The molecule has 3 aliphatic heterocycles. The molecule has 6 N–H and O–H groups in total. The topological polar surface area (TPSA) is 91.7 Å². The van der Waals surface area contributed by atoms with Crippen molar-refractivity contribution in [1.29, 1.82) is 0 Å². The number of aliphatic imine (C=N–C) groups is 1. The van der Waals surface area contributed by atoms with Gasteiger partial charge in [-0.15, -0.1) is 0 Å². The van der Waals surface area contributed by atoms with Gasteiger partial charge >= 0.3 is 0 Å². The first-order valence-electron chi connectivity index (χ1n) is 7.76. The fourth-order valence-corrected chi connectivity index (χ4v) is 3.82. The molecule has 3 unspecified atom stereocenters. The third-order valence-corrected chi connectivity index (χ3v) is 5.11. The molecule has 3 heterocycles. The molecule has 1 saturated carbocycles.